The van der Waals surface area contributed by atoms with Gasteiger partial charge in [-0.15, -0.1) is 0 Å². The summed E-state index contributed by atoms with van der Waals surface area (Å²) < 4.78 is 11.8. The largest absolute Gasteiger partial charge is 0.489 e. The first-order chi connectivity index (χ1) is 14.0. The SMILES string of the molecule is CCCOc1ccc(N2CC[C@@H](Oc3ccc([C@H](C)NC(C)=O)cc3)C2)c(C)n1. The minimum atomic E-state index is -0.0291. The van der Waals surface area contributed by atoms with Crippen molar-refractivity contribution in [3.8, 4) is 11.6 Å². The number of pyridine rings is 1. The average Bonchev–Trinajstić information content (AvgIpc) is 3.14. The molecule has 1 aliphatic heterocycles. The lowest BCUT2D eigenvalue weighted by atomic mass is 10.1. The molecule has 2 atom stereocenters. The quantitative estimate of drug-likeness (QED) is 0.728. The Hall–Kier alpha value is -2.76. The molecule has 1 aromatic carbocycles. The van der Waals surface area contributed by atoms with Gasteiger partial charge in [0.05, 0.1) is 30.6 Å². The van der Waals surface area contributed by atoms with Crippen LogP contribution >= 0.6 is 0 Å². The third kappa shape index (κ3) is 5.62. The number of hydrogen-bond donors (Lipinski definition) is 1. The van der Waals surface area contributed by atoms with Gasteiger partial charge in [-0.3, -0.25) is 4.79 Å². The molecular formula is C23H31N3O3. The van der Waals surface area contributed by atoms with Gasteiger partial charge in [0.2, 0.25) is 11.8 Å². The molecule has 0 spiro atoms. The molecule has 0 bridgehead atoms. The monoisotopic (exact) mass is 397 g/mol. The van der Waals surface area contributed by atoms with Gasteiger partial charge in [0.15, 0.2) is 0 Å². The van der Waals surface area contributed by atoms with Gasteiger partial charge in [-0.05, 0) is 44.0 Å². The lowest BCUT2D eigenvalue weighted by molar-refractivity contribution is -0.119. The van der Waals surface area contributed by atoms with E-state index < -0.39 is 0 Å². The Bertz CT molecular complexity index is 823. The van der Waals surface area contributed by atoms with Crippen LogP contribution < -0.4 is 19.7 Å². The number of hydrogen-bond acceptors (Lipinski definition) is 5. The lowest BCUT2D eigenvalue weighted by Gasteiger charge is -2.21. The van der Waals surface area contributed by atoms with Crippen molar-refractivity contribution in [2.24, 2.45) is 0 Å². The first kappa shape index (κ1) is 21.0. The standard InChI is InChI=1S/C23H31N3O3/c1-5-14-28-23-11-10-22(17(3)25-23)26-13-12-21(15-26)29-20-8-6-19(7-9-20)16(2)24-18(4)27/h6-11,16,21H,5,12-15H2,1-4H3,(H,24,27)/t16-,21+/m0/s1. The summed E-state index contributed by atoms with van der Waals surface area (Å²) in [6.07, 6.45) is 2.09. The van der Waals surface area contributed by atoms with Crippen LogP contribution in [-0.2, 0) is 4.79 Å². The molecule has 1 fully saturated rings. The number of amides is 1. The average molecular weight is 398 g/mol. The molecule has 6 heteroatoms. The van der Waals surface area contributed by atoms with E-state index in [1.54, 1.807) is 0 Å². The van der Waals surface area contributed by atoms with E-state index in [0.29, 0.717) is 12.5 Å². The zero-order valence-electron chi connectivity index (χ0n) is 17.8. The molecule has 1 saturated heterocycles. The van der Waals surface area contributed by atoms with E-state index in [-0.39, 0.29) is 18.1 Å². The number of rotatable bonds is 8. The Kier molecular flexibility index (Phi) is 6.96. The lowest BCUT2D eigenvalue weighted by Crippen LogP contribution is -2.25. The van der Waals surface area contributed by atoms with E-state index in [2.05, 4.69) is 28.2 Å². The summed E-state index contributed by atoms with van der Waals surface area (Å²) in [6.45, 7) is 10.1. The van der Waals surface area contributed by atoms with E-state index in [9.17, 15) is 4.79 Å². The highest BCUT2D eigenvalue weighted by atomic mass is 16.5. The molecule has 0 saturated carbocycles. The smallest absolute Gasteiger partial charge is 0.217 e. The molecule has 2 heterocycles. The summed E-state index contributed by atoms with van der Waals surface area (Å²) in [6, 6.07) is 12.0. The molecule has 29 heavy (non-hydrogen) atoms. The molecular weight excluding hydrogens is 366 g/mol. The minimum Gasteiger partial charge on any atom is -0.489 e. The Morgan fingerprint density at radius 3 is 2.69 bits per heavy atom. The molecule has 0 unspecified atom stereocenters. The fourth-order valence-corrected chi connectivity index (χ4v) is 3.61. The topological polar surface area (TPSA) is 63.7 Å². The van der Waals surface area contributed by atoms with Crippen molar-refractivity contribution in [1.29, 1.82) is 0 Å². The normalized spacial score (nSPS) is 17.1. The molecule has 1 N–H and O–H groups in total. The third-order valence-corrected chi connectivity index (χ3v) is 5.07. The van der Waals surface area contributed by atoms with Gasteiger partial charge in [-0.2, -0.15) is 0 Å². The van der Waals surface area contributed by atoms with Crippen LogP contribution in [0.3, 0.4) is 0 Å². The summed E-state index contributed by atoms with van der Waals surface area (Å²) in [7, 11) is 0. The van der Waals surface area contributed by atoms with E-state index in [1.807, 2.05) is 44.2 Å². The number of nitrogens with zero attached hydrogens (tertiary/aromatic N) is 2. The number of aromatic nitrogens is 1. The highest BCUT2D eigenvalue weighted by Crippen LogP contribution is 2.27. The van der Waals surface area contributed by atoms with Crippen LogP contribution in [0.25, 0.3) is 0 Å². The van der Waals surface area contributed by atoms with E-state index in [4.69, 9.17) is 9.47 Å². The predicted molar refractivity (Wildman–Crippen MR) is 115 cm³/mol. The van der Waals surface area contributed by atoms with Crippen molar-refractivity contribution in [3.63, 3.8) is 0 Å². The van der Waals surface area contributed by atoms with Crippen molar-refractivity contribution in [3.05, 3.63) is 47.7 Å². The minimum absolute atomic E-state index is 0.0109. The van der Waals surface area contributed by atoms with E-state index in [0.717, 1.165) is 48.6 Å². The number of carbonyl (C=O) groups is 1. The van der Waals surface area contributed by atoms with Crippen molar-refractivity contribution in [2.75, 3.05) is 24.6 Å². The molecule has 156 valence electrons. The van der Waals surface area contributed by atoms with Crippen molar-refractivity contribution in [1.82, 2.24) is 10.3 Å². The zero-order chi connectivity index (χ0) is 20.8. The summed E-state index contributed by atoms with van der Waals surface area (Å²) in [5.41, 5.74) is 3.18. The Labute approximate surface area is 173 Å². The number of carbonyl (C=O) groups excluding carboxylic acids is 1. The van der Waals surface area contributed by atoms with E-state index in [1.165, 1.54) is 6.92 Å². The van der Waals surface area contributed by atoms with Crippen molar-refractivity contribution < 1.29 is 14.3 Å². The molecule has 2 aromatic rings. The summed E-state index contributed by atoms with van der Waals surface area (Å²) in [5, 5.41) is 2.89. The van der Waals surface area contributed by atoms with Gasteiger partial charge < -0.3 is 19.7 Å². The van der Waals surface area contributed by atoms with Crippen LogP contribution in [0.2, 0.25) is 0 Å². The zero-order valence-corrected chi connectivity index (χ0v) is 17.8. The molecule has 6 nitrogen and oxygen atoms in total. The fraction of sp³-hybridized carbons (Fsp3) is 0.478. The molecule has 1 aromatic heterocycles. The molecule has 0 aliphatic carbocycles. The number of ether oxygens (including phenoxy) is 2. The van der Waals surface area contributed by atoms with Gasteiger partial charge in [-0.1, -0.05) is 19.1 Å². The van der Waals surface area contributed by atoms with Gasteiger partial charge in [-0.25, -0.2) is 4.98 Å². The van der Waals surface area contributed by atoms with Crippen molar-refractivity contribution in [2.45, 2.75) is 52.7 Å². The highest BCUT2D eigenvalue weighted by Gasteiger charge is 2.25. The van der Waals surface area contributed by atoms with Gasteiger partial charge in [0, 0.05) is 26.0 Å². The Balaban J connectivity index is 1.56. The number of anilines is 1. The molecule has 0 radical (unpaired) electrons. The second-order valence-electron chi connectivity index (χ2n) is 7.57. The van der Waals surface area contributed by atoms with Gasteiger partial charge in [0.1, 0.15) is 11.9 Å². The summed E-state index contributed by atoms with van der Waals surface area (Å²) in [5.74, 6) is 1.51. The number of nitrogens with one attached hydrogen (secondary N) is 1. The summed E-state index contributed by atoms with van der Waals surface area (Å²) >= 11 is 0. The van der Waals surface area contributed by atoms with Crippen LogP contribution in [0.4, 0.5) is 5.69 Å². The maximum atomic E-state index is 11.2. The first-order valence-corrected chi connectivity index (χ1v) is 10.4. The highest BCUT2D eigenvalue weighted by molar-refractivity contribution is 5.73. The van der Waals surface area contributed by atoms with Crippen LogP contribution in [-0.4, -0.2) is 36.7 Å². The molecule has 1 aliphatic rings. The Morgan fingerprint density at radius 1 is 1.28 bits per heavy atom. The Morgan fingerprint density at radius 2 is 2.03 bits per heavy atom. The van der Waals surface area contributed by atoms with Crippen LogP contribution in [0.5, 0.6) is 11.6 Å². The summed E-state index contributed by atoms with van der Waals surface area (Å²) in [4.78, 5) is 18.1. The maximum absolute atomic E-state index is 11.2. The van der Waals surface area contributed by atoms with Gasteiger partial charge >= 0.3 is 0 Å². The van der Waals surface area contributed by atoms with Crippen molar-refractivity contribution >= 4 is 11.6 Å². The molecule has 1 amide bonds. The second kappa shape index (κ2) is 9.63. The second-order valence-corrected chi connectivity index (χ2v) is 7.57. The van der Waals surface area contributed by atoms with Crippen LogP contribution in [0, 0.1) is 6.92 Å². The number of aryl methyl sites for hydroxylation is 1. The third-order valence-electron chi connectivity index (χ3n) is 5.07. The first-order valence-electron chi connectivity index (χ1n) is 10.4. The maximum Gasteiger partial charge on any atom is 0.217 e. The predicted octanol–water partition coefficient (Wildman–Crippen LogP) is 4.03. The van der Waals surface area contributed by atoms with Gasteiger partial charge in [0.25, 0.3) is 0 Å². The van der Waals surface area contributed by atoms with E-state index >= 15 is 0 Å². The van der Waals surface area contributed by atoms with Crippen LogP contribution in [0.15, 0.2) is 36.4 Å². The molecule has 3 rings (SSSR count). The van der Waals surface area contributed by atoms with Crippen LogP contribution in [0.1, 0.15) is 50.9 Å². The number of benzene rings is 1. The fourth-order valence-electron chi connectivity index (χ4n) is 3.61.